The van der Waals surface area contributed by atoms with Crippen molar-refractivity contribution in [1.29, 1.82) is 0 Å². The van der Waals surface area contributed by atoms with E-state index >= 15 is 0 Å². The van der Waals surface area contributed by atoms with Crippen LogP contribution in [0.2, 0.25) is 0 Å². The van der Waals surface area contributed by atoms with Crippen molar-refractivity contribution in [3.63, 3.8) is 0 Å². The molecule has 3 amide bonds. The van der Waals surface area contributed by atoms with E-state index in [2.05, 4.69) is 46.2 Å². The van der Waals surface area contributed by atoms with Gasteiger partial charge in [0.05, 0.1) is 6.04 Å². The largest absolute Gasteiger partial charge is 0.480 e. The second-order valence-electron chi connectivity index (χ2n) is 8.23. The van der Waals surface area contributed by atoms with Crippen molar-refractivity contribution in [1.82, 2.24) is 20.9 Å². The van der Waals surface area contributed by atoms with Crippen LogP contribution in [0.3, 0.4) is 0 Å². The van der Waals surface area contributed by atoms with Crippen LogP contribution in [-0.2, 0) is 25.6 Å². The summed E-state index contributed by atoms with van der Waals surface area (Å²) in [6, 6.07) is 3.30. The first-order valence-electron chi connectivity index (χ1n) is 10.7. The van der Waals surface area contributed by atoms with Gasteiger partial charge in [0.2, 0.25) is 17.7 Å². The summed E-state index contributed by atoms with van der Waals surface area (Å²) in [4.78, 5) is 52.8. The number of aromatic nitrogens is 1. The van der Waals surface area contributed by atoms with Gasteiger partial charge in [0.15, 0.2) is 0 Å². The van der Waals surface area contributed by atoms with Crippen LogP contribution in [0.5, 0.6) is 0 Å². The van der Waals surface area contributed by atoms with Gasteiger partial charge in [-0.3, -0.25) is 14.4 Å². The van der Waals surface area contributed by atoms with Crippen molar-refractivity contribution in [2.24, 2.45) is 11.7 Å². The Hall–Kier alpha value is -2.70. The molecule has 0 aliphatic carbocycles. The number of carboxylic acids is 1. The zero-order valence-corrected chi connectivity index (χ0v) is 20.7. The number of nitrogens with one attached hydrogen (secondary N) is 4. The number of amides is 3. The van der Waals surface area contributed by atoms with Crippen LogP contribution in [0.25, 0.3) is 10.9 Å². The first-order chi connectivity index (χ1) is 16.1. The molecule has 186 valence electrons. The summed E-state index contributed by atoms with van der Waals surface area (Å²) >= 11 is 8.16. The second-order valence-corrected chi connectivity index (χ2v) is 8.96. The molecule has 2 aromatic rings. The molecular formula is C22H31N5O5S2. The molecule has 1 aromatic heterocycles. The molecule has 0 spiro atoms. The van der Waals surface area contributed by atoms with Crippen LogP contribution in [0.4, 0.5) is 0 Å². The Morgan fingerprint density at radius 3 is 2.18 bits per heavy atom. The molecule has 10 nitrogen and oxygen atoms in total. The molecular weight excluding hydrogens is 478 g/mol. The molecule has 4 atom stereocenters. The predicted octanol–water partition coefficient (Wildman–Crippen LogP) is 0.0923. The topological polar surface area (TPSA) is 166 Å². The zero-order chi connectivity index (χ0) is 25.4. The summed E-state index contributed by atoms with van der Waals surface area (Å²) in [6.07, 6.45) is 1.88. The lowest BCUT2D eigenvalue weighted by atomic mass is 10.0. The van der Waals surface area contributed by atoms with Crippen molar-refractivity contribution in [2.75, 3.05) is 11.5 Å². The number of carboxylic acid groups (broad SMARTS) is 1. The van der Waals surface area contributed by atoms with E-state index in [1.54, 1.807) is 20.0 Å². The van der Waals surface area contributed by atoms with Gasteiger partial charge in [-0.1, -0.05) is 32.0 Å². The first kappa shape index (κ1) is 27.5. The number of aliphatic carboxylic acids is 1. The summed E-state index contributed by atoms with van der Waals surface area (Å²) in [5.41, 5.74) is 7.41. The molecule has 34 heavy (non-hydrogen) atoms. The standard InChI is InChI=1S/C22H31N5O5S2/c1-11(2)18(22(31)32)27-21(30)17(10-34)26-20(29)16(25-19(28)14(23)9-33)7-12-8-24-15-6-4-3-5-13(12)15/h3-6,8,11,14,16-18,24,33-34H,7,9-10,23H2,1-2H3,(H,25,28)(H,26,29)(H,27,30)(H,31,32). The number of fused-ring (bicyclic) bond motifs is 1. The van der Waals surface area contributed by atoms with E-state index in [0.29, 0.717) is 0 Å². The number of hydrogen-bond donors (Lipinski definition) is 8. The Morgan fingerprint density at radius 1 is 0.971 bits per heavy atom. The number of aromatic amines is 1. The third kappa shape index (κ3) is 7.15. The Bertz CT molecular complexity index is 1030. The maximum absolute atomic E-state index is 13.2. The fourth-order valence-electron chi connectivity index (χ4n) is 3.33. The van der Waals surface area contributed by atoms with Crippen LogP contribution >= 0.6 is 25.3 Å². The molecule has 0 saturated carbocycles. The molecule has 7 N–H and O–H groups in total. The number of carbonyl (C=O) groups excluding carboxylic acids is 3. The minimum Gasteiger partial charge on any atom is -0.480 e. The van der Waals surface area contributed by atoms with Crippen LogP contribution in [-0.4, -0.2) is 69.5 Å². The number of H-pyrrole nitrogens is 1. The molecule has 12 heteroatoms. The van der Waals surface area contributed by atoms with E-state index in [0.717, 1.165) is 16.5 Å². The van der Waals surface area contributed by atoms with Crippen molar-refractivity contribution >= 4 is 59.9 Å². The highest BCUT2D eigenvalue weighted by molar-refractivity contribution is 7.80. The van der Waals surface area contributed by atoms with E-state index in [-0.39, 0.29) is 23.8 Å². The van der Waals surface area contributed by atoms with E-state index < -0.39 is 47.9 Å². The van der Waals surface area contributed by atoms with Crippen molar-refractivity contribution in [3.05, 3.63) is 36.0 Å². The molecule has 0 aliphatic rings. The lowest BCUT2D eigenvalue weighted by Gasteiger charge is -2.25. The minimum absolute atomic E-state index is 0.0775. The first-order valence-corrected chi connectivity index (χ1v) is 12.0. The van der Waals surface area contributed by atoms with E-state index in [1.807, 2.05) is 24.3 Å². The second kappa shape index (κ2) is 12.7. The predicted molar refractivity (Wildman–Crippen MR) is 136 cm³/mol. The van der Waals surface area contributed by atoms with Crippen molar-refractivity contribution < 1.29 is 24.3 Å². The highest BCUT2D eigenvalue weighted by Gasteiger charge is 2.31. The van der Waals surface area contributed by atoms with E-state index in [9.17, 15) is 24.3 Å². The van der Waals surface area contributed by atoms with Gasteiger partial charge in [-0.2, -0.15) is 25.3 Å². The van der Waals surface area contributed by atoms with Crippen LogP contribution < -0.4 is 21.7 Å². The fraction of sp³-hybridized carbons (Fsp3) is 0.455. The monoisotopic (exact) mass is 509 g/mol. The number of benzene rings is 1. The summed E-state index contributed by atoms with van der Waals surface area (Å²) in [7, 11) is 0. The zero-order valence-electron chi connectivity index (χ0n) is 18.9. The Morgan fingerprint density at radius 2 is 1.59 bits per heavy atom. The van der Waals surface area contributed by atoms with Gasteiger partial charge in [0.1, 0.15) is 18.1 Å². The average molecular weight is 510 g/mol. The average Bonchev–Trinajstić information content (AvgIpc) is 3.21. The molecule has 4 unspecified atom stereocenters. The van der Waals surface area contributed by atoms with Gasteiger partial charge in [-0.25, -0.2) is 4.79 Å². The smallest absolute Gasteiger partial charge is 0.326 e. The van der Waals surface area contributed by atoms with E-state index in [1.165, 1.54) is 0 Å². The number of rotatable bonds is 12. The molecule has 0 fully saturated rings. The molecule has 0 radical (unpaired) electrons. The Labute approximate surface area is 208 Å². The van der Waals surface area contributed by atoms with Crippen molar-refractivity contribution in [2.45, 2.75) is 44.4 Å². The van der Waals surface area contributed by atoms with Crippen LogP contribution in [0.15, 0.2) is 30.5 Å². The molecule has 0 bridgehead atoms. The quantitative estimate of drug-likeness (QED) is 0.189. The normalized spacial score (nSPS) is 14.8. The third-order valence-corrected chi connectivity index (χ3v) is 6.07. The summed E-state index contributed by atoms with van der Waals surface area (Å²) in [5, 5.41) is 17.8. The van der Waals surface area contributed by atoms with Gasteiger partial charge < -0.3 is 31.8 Å². The molecule has 1 aromatic carbocycles. The van der Waals surface area contributed by atoms with Gasteiger partial charge >= 0.3 is 5.97 Å². The molecule has 0 aliphatic heterocycles. The summed E-state index contributed by atoms with van der Waals surface area (Å²) in [6.45, 7) is 3.32. The highest BCUT2D eigenvalue weighted by atomic mass is 32.1. The van der Waals surface area contributed by atoms with Crippen molar-refractivity contribution in [3.8, 4) is 0 Å². The summed E-state index contributed by atoms with van der Waals surface area (Å²) in [5.74, 6) is -3.42. The minimum atomic E-state index is -1.18. The number of nitrogens with two attached hydrogens (primary N) is 1. The number of carbonyl (C=O) groups is 4. The molecule has 0 saturated heterocycles. The number of thiol groups is 2. The maximum Gasteiger partial charge on any atom is 0.326 e. The van der Waals surface area contributed by atoms with Gasteiger partial charge in [-0.05, 0) is 17.5 Å². The summed E-state index contributed by atoms with van der Waals surface area (Å²) < 4.78 is 0. The lowest BCUT2D eigenvalue weighted by Crippen LogP contribution is -2.58. The highest BCUT2D eigenvalue weighted by Crippen LogP contribution is 2.19. The van der Waals surface area contributed by atoms with Crippen LogP contribution in [0, 0.1) is 5.92 Å². The Kier molecular flexibility index (Phi) is 10.3. The molecule has 1 heterocycles. The number of hydrogen-bond acceptors (Lipinski definition) is 7. The Balaban J connectivity index is 2.22. The fourth-order valence-corrected chi connectivity index (χ4v) is 3.75. The number of para-hydroxylation sites is 1. The molecule has 2 rings (SSSR count). The lowest BCUT2D eigenvalue weighted by molar-refractivity contribution is -0.143. The third-order valence-electron chi connectivity index (χ3n) is 5.31. The van der Waals surface area contributed by atoms with Crippen LogP contribution in [0.1, 0.15) is 19.4 Å². The van der Waals surface area contributed by atoms with Gasteiger partial charge in [0.25, 0.3) is 0 Å². The SMILES string of the molecule is CC(C)C(NC(=O)C(CS)NC(=O)C(Cc1c[nH]c2ccccc12)NC(=O)C(N)CS)C(=O)O. The van der Waals surface area contributed by atoms with Gasteiger partial charge in [-0.15, -0.1) is 0 Å². The maximum atomic E-state index is 13.2. The van der Waals surface area contributed by atoms with E-state index in [4.69, 9.17) is 5.73 Å². The van der Waals surface area contributed by atoms with Gasteiger partial charge in [0, 0.05) is 35.0 Å².